The highest BCUT2D eigenvalue weighted by Gasteiger charge is 2.21. The van der Waals surface area contributed by atoms with Gasteiger partial charge < -0.3 is 14.4 Å². The smallest absolute Gasteiger partial charge is 0.228 e. The van der Waals surface area contributed by atoms with Gasteiger partial charge in [-0.25, -0.2) is 4.98 Å². The van der Waals surface area contributed by atoms with Crippen LogP contribution >= 0.6 is 23.1 Å². The van der Waals surface area contributed by atoms with Gasteiger partial charge in [-0.3, -0.25) is 4.57 Å². The molecule has 5 rings (SSSR count). The van der Waals surface area contributed by atoms with Crippen LogP contribution < -0.4 is 9.64 Å². The number of hydrogen-bond acceptors (Lipinski definition) is 8. The van der Waals surface area contributed by atoms with Crippen LogP contribution in [-0.4, -0.2) is 53.2 Å². The molecule has 4 aromatic rings. The molecule has 33 heavy (non-hydrogen) atoms. The summed E-state index contributed by atoms with van der Waals surface area (Å²) in [5.74, 6) is 2.47. The van der Waals surface area contributed by atoms with Gasteiger partial charge >= 0.3 is 0 Å². The monoisotopic (exact) mass is 479 g/mol. The second kappa shape index (κ2) is 10.4. The van der Waals surface area contributed by atoms with Gasteiger partial charge in [-0.2, -0.15) is 0 Å². The summed E-state index contributed by atoms with van der Waals surface area (Å²) < 4.78 is 13.1. The molecule has 1 fully saturated rings. The van der Waals surface area contributed by atoms with Gasteiger partial charge in [-0.1, -0.05) is 54.2 Å². The number of hydrogen-bond donors (Lipinski definition) is 0. The average Bonchev–Trinajstić information content (AvgIpc) is 3.51. The van der Waals surface area contributed by atoms with E-state index >= 15 is 0 Å². The van der Waals surface area contributed by atoms with Gasteiger partial charge in [0.1, 0.15) is 10.8 Å². The van der Waals surface area contributed by atoms with Gasteiger partial charge in [0.15, 0.2) is 5.16 Å². The van der Waals surface area contributed by atoms with Gasteiger partial charge in [0.25, 0.3) is 0 Å². The predicted molar refractivity (Wildman–Crippen MR) is 132 cm³/mol. The second-order valence-corrected chi connectivity index (χ2v) is 9.42. The van der Waals surface area contributed by atoms with Crippen molar-refractivity contribution >= 4 is 29.0 Å². The molecule has 1 saturated heterocycles. The zero-order valence-corrected chi connectivity index (χ0v) is 20.0. The number of thioether (sulfide) groups is 1. The highest BCUT2D eigenvalue weighted by molar-refractivity contribution is 7.98. The first-order chi connectivity index (χ1) is 16.3. The normalized spacial score (nSPS) is 13.9. The number of anilines is 1. The Morgan fingerprint density at radius 3 is 2.73 bits per heavy atom. The van der Waals surface area contributed by atoms with Crippen molar-refractivity contribution in [3.63, 3.8) is 0 Å². The third kappa shape index (κ3) is 5.21. The van der Waals surface area contributed by atoms with Crippen LogP contribution in [0, 0.1) is 0 Å². The van der Waals surface area contributed by atoms with E-state index in [2.05, 4.69) is 55.4 Å². The van der Waals surface area contributed by atoms with E-state index in [0.29, 0.717) is 13.2 Å². The molecule has 1 aliphatic rings. The molecule has 0 radical (unpaired) electrons. The molecule has 0 atom stereocenters. The predicted octanol–water partition coefficient (Wildman–Crippen LogP) is 4.59. The molecule has 0 saturated carbocycles. The minimum absolute atomic E-state index is 0.715. The van der Waals surface area contributed by atoms with Crippen molar-refractivity contribution in [2.75, 3.05) is 38.3 Å². The van der Waals surface area contributed by atoms with Crippen LogP contribution in [0.4, 0.5) is 5.95 Å². The van der Waals surface area contributed by atoms with Crippen LogP contribution in [0.1, 0.15) is 11.3 Å². The van der Waals surface area contributed by atoms with Crippen molar-refractivity contribution in [1.82, 2.24) is 19.7 Å². The first kappa shape index (κ1) is 21.9. The van der Waals surface area contributed by atoms with Crippen molar-refractivity contribution < 1.29 is 9.47 Å². The van der Waals surface area contributed by atoms with E-state index in [9.17, 15) is 0 Å². The molecular formula is C24H25N5O2S2. The number of aromatic nitrogens is 4. The van der Waals surface area contributed by atoms with Gasteiger partial charge in [0.05, 0.1) is 32.6 Å². The first-order valence-electron chi connectivity index (χ1n) is 10.8. The molecule has 7 nitrogen and oxygen atoms in total. The summed E-state index contributed by atoms with van der Waals surface area (Å²) in [6, 6.07) is 18.5. The SMILES string of the molecule is COc1cccc(-c2nc(CSc3nnc(N4CCOCC4)n3Cc3ccccc3)cs2)c1. The van der Waals surface area contributed by atoms with E-state index in [0.717, 1.165) is 58.5 Å². The molecule has 0 spiro atoms. The molecule has 3 heterocycles. The Morgan fingerprint density at radius 1 is 1.06 bits per heavy atom. The molecule has 0 N–H and O–H groups in total. The standard InChI is InChI=1S/C24H25N5O2S2/c1-30-21-9-5-8-19(14-21)22-25-20(16-32-22)17-33-24-27-26-23(28-10-12-31-13-11-28)29(24)15-18-6-3-2-4-7-18/h2-9,14,16H,10-13,15,17H2,1H3. The van der Waals surface area contributed by atoms with Gasteiger partial charge in [-0.05, 0) is 17.7 Å². The molecule has 1 aliphatic heterocycles. The van der Waals surface area contributed by atoms with Gasteiger partial charge in [-0.15, -0.1) is 21.5 Å². The Kier molecular flexibility index (Phi) is 6.89. The molecule has 0 bridgehead atoms. The fraction of sp³-hybridized carbons (Fsp3) is 0.292. The van der Waals surface area contributed by atoms with Crippen molar-refractivity contribution in [2.24, 2.45) is 0 Å². The Hall–Kier alpha value is -2.88. The van der Waals surface area contributed by atoms with Crippen molar-refractivity contribution in [2.45, 2.75) is 17.5 Å². The lowest BCUT2D eigenvalue weighted by Gasteiger charge is -2.28. The summed E-state index contributed by atoms with van der Waals surface area (Å²) in [5.41, 5.74) is 3.32. The zero-order valence-electron chi connectivity index (χ0n) is 18.4. The minimum atomic E-state index is 0.715. The fourth-order valence-corrected chi connectivity index (χ4v) is 5.44. The fourth-order valence-electron chi connectivity index (χ4n) is 3.69. The van der Waals surface area contributed by atoms with Crippen molar-refractivity contribution in [1.29, 1.82) is 0 Å². The van der Waals surface area contributed by atoms with Crippen LogP contribution in [0.3, 0.4) is 0 Å². The Bertz CT molecular complexity index is 1190. The van der Waals surface area contributed by atoms with E-state index in [4.69, 9.17) is 14.5 Å². The topological polar surface area (TPSA) is 65.3 Å². The lowest BCUT2D eigenvalue weighted by molar-refractivity contribution is 0.121. The lowest BCUT2D eigenvalue weighted by atomic mass is 10.2. The maximum Gasteiger partial charge on any atom is 0.228 e. The van der Waals surface area contributed by atoms with Crippen LogP contribution in [0.5, 0.6) is 5.75 Å². The van der Waals surface area contributed by atoms with E-state index in [1.54, 1.807) is 30.2 Å². The van der Waals surface area contributed by atoms with Crippen LogP contribution in [0.2, 0.25) is 0 Å². The summed E-state index contributed by atoms with van der Waals surface area (Å²) in [6.45, 7) is 3.81. The first-order valence-corrected chi connectivity index (χ1v) is 12.7. The molecule has 2 aromatic carbocycles. The summed E-state index contributed by atoms with van der Waals surface area (Å²) in [4.78, 5) is 7.10. The molecule has 9 heteroatoms. The maximum atomic E-state index is 5.53. The second-order valence-electron chi connectivity index (χ2n) is 7.62. The van der Waals surface area contributed by atoms with Gasteiger partial charge in [0.2, 0.25) is 5.95 Å². The van der Waals surface area contributed by atoms with E-state index in [1.165, 1.54) is 5.56 Å². The largest absolute Gasteiger partial charge is 0.497 e. The highest BCUT2D eigenvalue weighted by Crippen LogP contribution is 2.30. The number of benzene rings is 2. The van der Waals surface area contributed by atoms with Crippen molar-refractivity contribution in [3.05, 3.63) is 71.2 Å². The van der Waals surface area contributed by atoms with Gasteiger partial charge in [0, 0.05) is 29.8 Å². The molecule has 0 unspecified atom stereocenters. The summed E-state index contributed by atoms with van der Waals surface area (Å²) in [7, 11) is 1.68. The van der Waals surface area contributed by atoms with E-state index < -0.39 is 0 Å². The van der Waals surface area contributed by atoms with E-state index in [1.807, 2.05) is 24.3 Å². The zero-order chi connectivity index (χ0) is 22.5. The third-order valence-corrected chi connectivity index (χ3v) is 7.33. The van der Waals surface area contributed by atoms with Crippen LogP contribution in [-0.2, 0) is 17.0 Å². The third-order valence-electron chi connectivity index (χ3n) is 5.39. The molecule has 170 valence electrons. The van der Waals surface area contributed by atoms with Crippen molar-refractivity contribution in [3.8, 4) is 16.3 Å². The summed E-state index contributed by atoms with van der Waals surface area (Å²) in [6.07, 6.45) is 0. The number of thiazole rings is 1. The average molecular weight is 480 g/mol. The number of morpholine rings is 1. The Morgan fingerprint density at radius 2 is 1.91 bits per heavy atom. The molecular weight excluding hydrogens is 454 g/mol. The minimum Gasteiger partial charge on any atom is -0.497 e. The number of rotatable bonds is 8. The number of methoxy groups -OCH3 is 1. The van der Waals surface area contributed by atoms with Crippen LogP contribution in [0.25, 0.3) is 10.6 Å². The highest BCUT2D eigenvalue weighted by atomic mass is 32.2. The Labute approximate surface area is 201 Å². The molecule has 2 aromatic heterocycles. The van der Waals surface area contributed by atoms with Crippen LogP contribution in [0.15, 0.2) is 65.1 Å². The lowest BCUT2D eigenvalue weighted by Crippen LogP contribution is -2.38. The summed E-state index contributed by atoms with van der Waals surface area (Å²) >= 11 is 3.32. The quantitative estimate of drug-likeness (QED) is 0.343. The number of ether oxygens (including phenoxy) is 2. The van der Waals surface area contributed by atoms with E-state index in [-0.39, 0.29) is 0 Å². The summed E-state index contributed by atoms with van der Waals surface area (Å²) in [5, 5.41) is 13.1. The molecule has 0 amide bonds. The Balaban J connectivity index is 1.35. The molecule has 0 aliphatic carbocycles. The number of nitrogens with zero attached hydrogens (tertiary/aromatic N) is 5. The maximum absolute atomic E-state index is 5.53.